The minimum Gasteiger partial charge on any atom is -0.385 e. The molecule has 0 saturated heterocycles. The number of aromatic nitrogens is 3. The van der Waals surface area contributed by atoms with Crippen molar-refractivity contribution in [3.63, 3.8) is 0 Å². The Morgan fingerprint density at radius 3 is 2.90 bits per heavy atom. The number of para-hydroxylation sites is 2. The normalized spacial score (nSPS) is 11.0. The Labute approximate surface area is 124 Å². The maximum atomic E-state index is 4.60. The monoisotopic (exact) mass is 280 g/mol. The van der Waals surface area contributed by atoms with Crippen LogP contribution in [0, 0.1) is 6.92 Å². The molecule has 1 N–H and O–H groups in total. The van der Waals surface area contributed by atoms with E-state index in [2.05, 4.69) is 38.9 Å². The molecule has 0 unspecified atom stereocenters. The summed E-state index contributed by atoms with van der Waals surface area (Å²) in [5.41, 5.74) is 4.37. The van der Waals surface area contributed by atoms with Gasteiger partial charge in [-0.2, -0.15) is 0 Å². The summed E-state index contributed by atoms with van der Waals surface area (Å²) in [7, 11) is 0. The highest BCUT2D eigenvalue weighted by molar-refractivity contribution is 5.75. The van der Waals surface area contributed by atoms with Gasteiger partial charge in [-0.05, 0) is 37.6 Å². The van der Waals surface area contributed by atoms with E-state index in [1.165, 1.54) is 0 Å². The number of hydrogen-bond donors (Lipinski definition) is 1. The van der Waals surface area contributed by atoms with Crippen molar-refractivity contribution in [2.75, 3.05) is 11.9 Å². The molecule has 0 aliphatic carbocycles. The Morgan fingerprint density at radius 2 is 2.05 bits per heavy atom. The third-order valence-corrected chi connectivity index (χ3v) is 3.56. The Kier molecular flexibility index (Phi) is 3.86. The van der Waals surface area contributed by atoms with E-state index in [0.29, 0.717) is 0 Å². The van der Waals surface area contributed by atoms with E-state index in [4.69, 9.17) is 0 Å². The fourth-order valence-corrected chi connectivity index (χ4v) is 2.50. The van der Waals surface area contributed by atoms with Gasteiger partial charge in [0.05, 0.1) is 23.3 Å². The SMILES string of the molecule is CCCNc1ccnc(Cn2c(C)nc3ccccc32)c1. The maximum absolute atomic E-state index is 4.60. The molecule has 108 valence electrons. The van der Waals surface area contributed by atoms with Gasteiger partial charge >= 0.3 is 0 Å². The Hall–Kier alpha value is -2.36. The molecular formula is C17H20N4. The van der Waals surface area contributed by atoms with Crippen LogP contribution in [0.5, 0.6) is 0 Å². The van der Waals surface area contributed by atoms with E-state index >= 15 is 0 Å². The molecule has 3 rings (SSSR count). The van der Waals surface area contributed by atoms with Crippen LogP contribution in [0.3, 0.4) is 0 Å². The fraction of sp³-hybridized carbons (Fsp3) is 0.294. The topological polar surface area (TPSA) is 42.7 Å². The molecule has 0 fully saturated rings. The van der Waals surface area contributed by atoms with Crippen LogP contribution < -0.4 is 5.32 Å². The molecule has 0 atom stereocenters. The molecule has 1 aromatic carbocycles. The van der Waals surface area contributed by atoms with Crippen LogP contribution >= 0.6 is 0 Å². The van der Waals surface area contributed by atoms with Gasteiger partial charge < -0.3 is 9.88 Å². The molecular weight excluding hydrogens is 260 g/mol. The highest BCUT2D eigenvalue weighted by Gasteiger charge is 2.08. The van der Waals surface area contributed by atoms with E-state index in [-0.39, 0.29) is 0 Å². The molecule has 4 heteroatoms. The molecule has 0 amide bonds. The summed E-state index contributed by atoms with van der Waals surface area (Å²) >= 11 is 0. The zero-order chi connectivity index (χ0) is 14.7. The molecule has 0 spiro atoms. The average molecular weight is 280 g/mol. The molecule has 3 aromatic rings. The van der Waals surface area contributed by atoms with Crippen LogP contribution in [0.2, 0.25) is 0 Å². The van der Waals surface area contributed by atoms with Gasteiger partial charge in [0.1, 0.15) is 5.82 Å². The van der Waals surface area contributed by atoms with Crippen molar-refractivity contribution >= 4 is 16.7 Å². The highest BCUT2D eigenvalue weighted by atomic mass is 15.1. The van der Waals surface area contributed by atoms with Crippen molar-refractivity contribution in [2.45, 2.75) is 26.8 Å². The number of anilines is 1. The van der Waals surface area contributed by atoms with Gasteiger partial charge in [0, 0.05) is 18.4 Å². The zero-order valence-electron chi connectivity index (χ0n) is 12.5. The van der Waals surface area contributed by atoms with Gasteiger partial charge in [0.25, 0.3) is 0 Å². The third kappa shape index (κ3) is 2.89. The molecule has 0 aliphatic heterocycles. The Balaban J connectivity index is 1.90. The van der Waals surface area contributed by atoms with Gasteiger partial charge in [-0.3, -0.25) is 4.98 Å². The van der Waals surface area contributed by atoms with E-state index in [1.807, 2.05) is 37.4 Å². The first kappa shape index (κ1) is 13.6. The number of benzene rings is 1. The lowest BCUT2D eigenvalue weighted by molar-refractivity contribution is 0.764. The molecule has 21 heavy (non-hydrogen) atoms. The van der Waals surface area contributed by atoms with Crippen LogP contribution in [-0.4, -0.2) is 21.1 Å². The lowest BCUT2D eigenvalue weighted by atomic mass is 10.3. The van der Waals surface area contributed by atoms with Crippen LogP contribution in [-0.2, 0) is 6.54 Å². The summed E-state index contributed by atoms with van der Waals surface area (Å²) in [5.74, 6) is 1.02. The average Bonchev–Trinajstić information content (AvgIpc) is 2.82. The smallest absolute Gasteiger partial charge is 0.107 e. The lowest BCUT2D eigenvalue weighted by Crippen LogP contribution is -2.05. The lowest BCUT2D eigenvalue weighted by Gasteiger charge is -2.09. The second-order valence-corrected chi connectivity index (χ2v) is 5.20. The molecule has 4 nitrogen and oxygen atoms in total. The van der Waals surface area contributed by atoms with Gasteiger partial charge in [0.15, 0.2) is 0 Å². The van der Waals surface area contributed by atoms with Crippen molar-refractivity contribution < 1.29 is 0 Å². The van der Waals surface area contributed by atoms with Crippen molar-refractivity contribution in [2.24, 2.45) is 0 Å². The molecule has 0 bridgehead atoms. The van der Waals surface area contributed by atoms with E-state index in [9.17, 15) is 0 Å². The maximum Gasteiger partial charge on any atom is 0.107 e. The van der Waals surface area contributed by atoms with Crippen LogP contribution in [0.25, 0.3) is 11.0 Å². The second-order valence-electron chi connectivity index (χ2n) is 5.20. The number of hydrogen-bond acceptors (Lipinski definition) is 3. The van der Waals surface area contributed by atoms with Crippen LogP contribution in [0.15, 0.2) is 42.6 Å². The number of pyridine rings is 1. The van der Waals surface area contributed by atoms with Crippen LogP contribution in [0.1, 0.15) is 24.9 Å². The first-order valence-corrected chi connectivity index (χ1v) is 7.38. The fourth-order valence-electron chi connectivity index (χ4n) is 2.50. The molecule has 0 saturated carbocycles. The summed E-state index contributed by atoms with van der Waals surface area (Å²) < 4.78 is 2.21. The Morgan fingerprint density at radius 1 is 1.19 bits per heavy atom. The first-order valence-electron chi connectivity index (χ1n) is 7.38. The minimum atomic E-state index is 0.744. The summed E-state index contributed by atoms with van der Waals surface area (Å²) in [6.07, 6.45) is 2.98. The van der Waals surface area contributed by atoms with Gasteiger partial charge in [-0.25, -0.2) is 4.98 Å². The number of nitrogens with one attached hydrogen (secondary N) is 1. The van der Waals surface area contributed by atoms with Crippen molar-refractivity contribution in [1.82, 2.24) is 14.5 Å². The van der Waals surface area contributed by atoms with Gasteiger partial charge in [-0.1, -0.05) is 19.1 Å². The highest BCUT2D eigenvalue weighted by Crippen LogP contribution is 2.17. The number of imidazole rings is 1. The third-order valence-electron chi connectivity index (χ3n) is 3.56. The summed E-state index contributed by atoms with van der Waals surface area (Å²) in [6.45, 7) is 5.93. The van der Waals surface area contributed by atoms with Crippen molar-refractivity contribution in [1.29, 1.82) is 0 Å². The largest absolute Gasteiger partial charge is 0.385 e. The predicted octanol–water partition coefficient (Wildman–Crippen LogP) is 3.61. The van der Waals surface area contributed by atoms with Gasteiger partial charge in [-0.15, -0.1) is 0 Å². The van der Waals surface area contributed by atoms with E-state index < -0.39 is 0 Å². The number of fused-ring (bicyclic) bond motifs is 1. The molecule has 2 aromatic heterocycles. The number of aryl methyl sites for hydroxylation is 1. The summed E-state index contributed by atoms with van der Waals surface area (Å²) in [5, 5.41) is 3.40. The minimum absolute atomic E-state index is 0.744. The zero-order valence-corrected chi connectivity index (χ0v) is 12.5. The summed E-state index contributed by atoms with van der Waals surface area (Å²) in [4.78, 5) is 9.08. The summed E-state index contributed by atoms with van der Waals surface area (Å²) in [6, 6.07) is 12.3. The molecule has 0 aliphatic rings. The molecule has 2 heterocycles. The standard InChI is InChI=1S/C17H20N4/c1-3-9-18-14-8-10-19-15(11-14)12-21-13(2)20-16-6-4-5-7-17(16)21/h4-8,10-11H,3,9,12H2,1-2H3,(H,18,19). The second kappa shape index (κ2) is 5.95. The quantitative estimate of drug-likeness (QED) is 0.776. The number of nitrogens with zero attached hydrogens (tertiary/aromatic N) is 3. The first-order chi connectivity index (χ1) is 10.3. The van der Waals surface area contributed by atoms with Crippen LogP contribution in [0.4, 0.5) is 5.69 Å². The van der Waals surface area contributed by atoms with Crippen molar-refractivity contribution in [3.05, 3.63) is 54.1 Å². The number of rotatable bonds is 5. The molecule has 0 radical (unpaired) electrons. The van der Waals surface area contributed by atoms with Gasteiger partial charge in [0.2, 0.25) is 0 Å². The Bertz CT molecular complexity index is 745. The van der Waals surface area contributed by atoms with Crippen molar-refractivity contribution in [3.8, 4) is 0 Å². The predicted molar refractivity (Wildman–Crippen MR) is 86.6 cm³/mol. The van der Waals surface area contributed by atoms with E-state index in [0.717, 1.165) is 47.7 Å². The van der Waals surface area contributed by atoms with E-state index in [1.54, 1.807) is 0 Å².